The quantitative estimate of drug-likeness (QED) is 0.338. The van der Waals surface area contributed by atoms with E-state index in [9.17, 15) is 4.79 Å². The molecule has 0 unspecified atom stereocenters. The molecule has 7 heavy (non-hydrogen) atoms. The van der Waals surface area contributed by atoms with Gasteiger partial charge in [0.2, 0.25) is 0 Å². The van der Waals surface area contributed by atoms with Crippen LogP contribution in [0.3, 0.4) is 0 Å². The standard InChI is InChI=1S/C3H6O4/c4-2-7-1-3(5)6/h2-3,5-6H,1H2. The molecular weight excluding hydrogens is 100 g/mol. The number of aliphatic hydroxyl groups is 2. The van der Waals surface area contributed by atoms with Crippen molar-refractivity contribution in [2.24, 2.45) is 0 Å². The van der Waals surface area contributed by atoms with E-state index in [-0.39, 0.29) is 13.1 Å². The predicted molar refractivity (Wildman–Crippen MR) is 20.2 cm³/mol. The lowest BCUT2D eigenvalue weighted by Gasteiger charge is -1.97. The molecule has 0 saturated heterocycles. The molecule has 2 N–H and O–H groups in total. The SMILES string of the molecule is O=COCC(O)O. The van der Waals surface area contributed by atoms with E-state index < -0.39 is 6.29 Å². The summed E-state index contributed by atoms with van der Waals surface area (Å²) >= 11 is 0. The molecule has 4 nitrogen and oxygen atoms in total. The summed E-state index contributed by atoms with van der Waals surface area (Å²) in [5, 5.41) is 15.9. The molecule has 0 atom stereocenters. The monoisotopic (exact) mass is 106 g/mol. The Hall–Kier alpha value is -0.610. The first-order chi connectivity index (χ1) is 3.27. The zero-order valence-electron chi connectivity index (χ0n) is 3.57. The van der Waals surface area contributed by atoms with Crippen LogP contribution in [-0.2, 0) is 9.53 Å². The van der Waals surface area contributed by atoms with Gasteiger partial charge in [-0.05, 0) is 0 Å². The summed E-state index contributed by atoms with van der Waals surface area (Å²) in [7, 11) is 0. The van der Waals surface area contributed by atoms with E-state index in [1.54, 1.807) is 0 Å². The van der Waals surface area contributed by atoms with Crippen molar-refractivity contribution in [1.82, 2.24) is 0 Å². The van der Waals surface area contributed by atoms with Crippen molar-refractivity contribution in [2.45, 2.75) is 6.29 Å². The van der Waals surface area contributed by atoms with E-state index in [0.717, 1.165) is 0 Å². The molecule has 0 aliphatic carbocycles. The van der Waals surface area contributed by atoms with Gasteiger partial charge in [-0.1, -0.05) is 0 Å². The fourth-order valence-electron chi connectivity index (χ4n) is 0.125. The van der Waals surface area contributed by atoms with Gasteiger partial charge in [0.25, 0.3) is 6.47 Å². The molecule has 0 aromatic rings. The van der Waals surface area contributed by atoms with Crippen LogP contribution in [0.2, 0.25) is 0 Å². The van der Waals surface area contributed by atoms with Crippen LogP contribution in [-0.4, -0.2) is 29.6 Å². The Labute approximate surface area is 40.3 Å². The molecule has 0 spiro atoms. The third-order valence-corrected chi connectivity index (χ3v) is 0.313. The number of carbonyl (C=O) groups excluding carboxylic acids is 1. The van der Waals surface area contributed by atoms with Gasteiger partial charge >= 0.3 is 0 Å². The Morgan fingerprint density at radius 1 is 1.71 bits per heavy atom. The maximum Gasteiger partial charge on any atom is 0.293 e. The Morgan fingerprint density at radius 2 is 2.29 bits per heavy atom. The van der Waals surface area contributed by atoms with E-state index >= 15 is 0 Å². The third-order valence-electron chi connectivity index (χ3n) is 0.313. The van der Waals surface area contributed by atoms with Gasteiger partial charge in [-0.25, -0.2) is 0 Å². The minimum atomic E-state index is -1.55. The van der Waals surface area contributed by atoms with Crippen LogP contribution in [0, 0.1) is 0 Å². The summed E-state index contributed by atoms with van der Waals surface area (Å²) in [6.45, 7) is -0.205. The van der Waals surface area contributed by atoms with E-state index in [0.29, 0.717) is 0 Å². The average molecular weight is 106 g/mol. The maximum absolute atomic E-state index is 9.26. The van der Waals surface area contributed by atoms with Crippen LogP contribution in [0.25, 0.3) is 0 Å². The average Bonchev–Trinajstić information content (AvgIpc) is 1.61. The molecule has 0 aliphatic heterocycles. The van der Waals surface area contributed by atoms with Crippen LogP contribution in [0.4, 0.5) is 0 Å². The van der Waals surface area contributed by atoms with Crippen molar-refractivity contribution in [3.05, 3.63) is 0 Å². The zero-order valence-corrected chi connectivity index (χ0v) is 3.57. The first kappa shape index (κ1) is 6.39. The summed E-state index contributed by atoms with van der Waals surface area (Å²) in [6.07, 6.45) is -1.55. The lowest BCUT2D eigenvalue weighted by atomic mass is 10.7. The van der Waals surface area contributed by atoms with Crippen LogP contribution >= 0.6 is 0 Å². The number of ether oxygens (including phenoxy) is 1. The predicted octanol–water partition coefficient (Wildman–Crippen LogP) is -1.53. The molecule has 0 heterocycles. The van der Waals surface area contributed by atoms with E-state index in [2.05, 4.69) is 4.74 Å². The molecule has 0 rings (SSSR count). The van der Waals surface area contributed by atoms with E-state index in [4.69, 9.17) is 10.2 Å². The van der Waals surface area contributed by atoms with E-state index in [1.807, 2.05) is 0 Å². The van der Waals surface area contributed by atoms with Gasteiger partial charge < -0.3 is 14.9 Å². The van der Waals surface area contributed by atoms with Gasteiger partial charge in [0.15, 0.2) is 6.29 Å². The van der Waals surface area contributed by atoms with Gasteiger partial charge in [-0.2, -0.15) is 0 Å². The third kappa shape index (κ3) is 5.39. The van der Waals surface area contributed by atoms with Crippen LogP contribution in [0.1, 0.15) is 0 Å². The molecule has 0 aromatic carbocycles. The Bertz CT molecular complexity index is 50.9. The highest BCUT2D eigenvalue weighted by Crippen LogP contribution is 1.72. The Morgan fingerprint density at radius 3 is 2.43 bits per heavy atom. The molecule has 0 bridgehead atoms. The smallest absolute Gasteiger partial charge is 0.293 e. The largest absolute Gasteiger partial charge is 0.463 e. The molecule has 0 aliphatic rings. The first-order valence-electron chi connectivity index (χ1n) is 1.68. The van der Waals surface area contributed by atoms with Crippen LogP contribution in [0.5, 0.6) is 0 Å². The highest BCUT2D eigenvalue weighted by atomic mass is 16.6. The van der Waals surface area contributed by atoms with Gasteiger partial charge in [-0.3, -0.25) is 4.79 Å². The molecular formula is C3H6O4. The molecule has 0 radical (unpaired) electrons. The molecule has 0 aromatic heterocycles. The van der Waals surface area contributed by atoms with Crippen LogP contribution in [0.15, 0.2) is 0 Å². The Balaban J connectivity index is 2.81. The summed E-state index contributed by atoms with van der Waals surface area (Å²) in [6, 6.07) is 0. The number of hydrogen-bond acceptors (Lipinski definition) is 4. The number of hydrogen-bond donors (Lipinski definition) is 2. The van der Waals surface area contributed by atoms with Gasteiger partial charge in [0.1, 0.15) is 6.61 Å². The van der Waals surface area contributed by atoms with Gasteiger partial charge in [-0.15, -0.1) is 0 Å². The number of carbonyl (C=O) groups is 1. The van der Waals surface area contributed by atoms with Crippen molar-refractivity contribution in [1.29, 1.82) is 0 Å². The highest BCUT2D eigenvalue weighted by molar-refractivity contribution is 5.36. The molecule has 0 amide bonds. The summed E-state index contributed by atoms with van der Waals surface area (Å²) < 4.78 is 3.91. The fraction of sp³-hybridized carbons (Fsp3) is 0.667. The van der Waals surface area contributed by atoms with Gasteiger partial charge in [0.05, 0.1) is 0 Å². The summed E-state index contributed by atoms with van der Waals surface area (Å²) in [5.41, 5.74) is 0. The lowest BCUT2D eigenvalue weighted by molar-refractivity contribution is -0.141. The molecule has 42 valence electrons. The van der Waals surface area contributed by atoms with Crippen molar-refractivity contribution in [3.63, 3.8) is 0 Å². The minimum Gasteiger partial charge on any atom is -0.463 e. The molecule has 4 heteroatoms. The van der Waals surface area contributed by atoms with Crippen LogP contribution < -0.4 is 0 Å². The van der Waals surface area contributed by atoms with Crippen molar-refractivity contribution in [3.8, 4) is 0 Å². The zero-order chi connectivity index (χ0) is 5.70. The number of aliphatic hydroxyl groups excluding tert-OH is 1. The minimum absolute atomic E-state index is 0.152. The second-order valence-corrected chi connectivity index (χ2v) is 0.910. The highest BCUT2D eigenvalue weighted by Gasteiger charge is 1.92. The lowest BCUT2D eigenvalue weighted by Crippen LogP contribution is -2.12. The van der Waals surface area contributed by atoms with E-state index in [1.165, 1.54) is 0 Å². The second kappa shape index (κ2) is 3.58. The topological polar surface area (TPSA) is 66.8 Å². The fourth-order valence-corrected chi connectivity index (χ4v) is 0.125. The van der Waals surface area contributed by atoms with Crippen molar-refractivity contribution < 1.29 is 19.7 Å². The normalized spacial score (nSPS) is 9.00. The van der Waals surface area contributed by atoms with Crippen molar-refractivity contribution in [2.75, 3.05) is 6.61 Å². The Kier molecular flexibility index (Phi) is 3.26. The number of rotatable bonds is 3. The molecule has 0 saturated carbocycles. The summed E-state index contributed by atoms with van der Waals surface area (Å²) in [5.74, 6) is 0. The first-order valence-corrected chi connectivity index (χ1v) is 1.68. The summed E-state index contributed by atoms with van der Waals surface area (Å²) in [4.78, 5) is 9.26. The van der Waals surface area contributed by atoms with Crippen molar-refractivity contribution >= 4 is 6.47 Å². The molecule has 0 fully saturated rings. The van der Waals surface area contributed by atoms with Gasteiger partial charge in [0, 0.05) is 0 Å². The maximum atomic E-state index is 9.26. The second-order valence-electron chi connectivity index (χ2n) is 0.910.